The molecule has 0 radical (unpaired) electrons. The van der Waals surface area contributed by atoms with Gasteiger partial charge in [0, 0.05) is 18.2 Å². The average Bonchev–Trinajstić information content (AvgIpc) is 2.05. The Morgan fingerprint density at radius 3 is 2.27 bits per heavy atom. The van der Waals surface area contributed by atoms with Crippen LogP contribution in [0.5, 0.6) is 0 Å². The molecule has 1 aromatic rings. The van der Waals surface area contributed by atoms with Gasteiger partial charge in [-0.15, -0.1) is 12.4 Å². The van der Waals surface area contributed by atoms with Gasteiger partial charge in [-0.1, -0.05) is 12.6 Å². The number of hydrogen-bond donors (Lipinski definition) is 1. The number of nitrogens with zero attached hydrogens (tertiary/aromatic N) is 1. The van der Waals surface area contributed by atoms with Crippen LogP contribution in [0, 0.1) is 0 Å². The standard InChI is InChI=1S/C8H10NO.ClH/c1-2-8(10)9-6-4-3-5-7-9;/h2-8,10H,1H2;1H/q+1;. The number of hydrogen-bond acceptors (Lipinski definition) is 1. The minimum Gasteiger partial charge on any atom is -0.333 e. The van der Waals surface area contributed by atoms with Gasteiger partial charge in [0.15, 0.2) is 12.4 Å². The first-order chi connectivity index (χ1) is 4.84. The third-order valence-electron chi connectivity index (χ3n) is 1.25. The van der Waals surface area contributed by atoms with E-state index in [4.69, 9.17) is 0 Å². The highest BCUT2D eigenvalue weighted by Crippen LogP contribution is 1.88. The molecule has 1 rings (SSSR count). The zero-order valence-corrected chi connectivity index (χ0v) is 6.87. The molecular formula is C8H11ClNO+. The van der Waals surface area contributed by atoms with Crippen molar-refractivity contribution in [3.8, 4) is 0 Å². The SMILES string of the molecule is C=CC(O)[n+]1ccccc1.Cl. The minimum atomic E-state index is -0.610. The molecule has 0 saturated carbocycles. The first-order valence-electron chi connectivity index (χ1n) is 3.11. The van der Waals surface area contributed by atoms with Crippen molar-refractivity contribution < 1.29 is 9.67 Å². The van der Waals surface area contributed by atoms with Crippen molar-refractivity contribution in [1.82, 2.24) is 0 Å². The lowest BCUT2D eigenvalue weighted by atomic mass is 10.4. The lowest BCUT2D eigenvalue weighted by molar-refractivity contribution is -0.747. The maximum absolute atomic E-state index is 9.17. The maximum Gasteiger partial charge on any atom is 0.279 e. The lowest BCUT2D eigenvalue weighted by Crippen LogP contribution is -2.36. The number of halogens is 1. The first-order valence-corrected chi connectivity index (χ1v) is 3.11. The molecule has 0 aliphatic carbocycles. The van der Waals surface area contributed by atoms with Crippen LogP contribution in [-0.2, 0) is 0 Å². The summed E-state index contributed by atoms with van der Waals surface area (Å²) >= 11 is 0. The molecule has 1 N–H and O–H groups in total. The monoisotopic (exact) mass is 172 g/mol. The van der Waals surface area contributed by atoms with E-state index in [1.165, 1.54) is 6.08 Å². The molecule has 0 aromatic carbocycles. The quantitative estimate of drug-likeness (QED) is 0.524. The van der Waals surface area contributed by atoms with Gasteiger partial charge in [-0.05, 0) is 0 Å². The molecule has 60 valence electrons. The summed E-state index contributed by atoms with van der Waals surface area (Å²) in [6, 6.07) is 5.60. The Hall–Kier alpha value is -0.860. The molecule has 1 aromatic heterocycles. The first kappa shape index (κ1) is 10.1. The predicted molar refractivity (Wildman–Crippen MR) is 45.3 cm³/mol. The van der Waals surface area contributed by atoms with E-state index in [1.54, 1.807) is 17.0 Å². The van der Waals surface area contributed by atoms with Crippen molar-refractivity contribution >= 4 is 12.4 Å². The Kier molecular flexibility index (Phi) is 4.50. The van der Waals surface area contributed by atoms with Crippen molar-refractivity contribution in [3.63, 3.8) is 0 Å². The molecule has 0 fully saturated rings. The molecule has 0 amide bonds. The highest BCUT2D eigenvalue weighted by molar-refractivity contribution is 5.85. The largest absolute Gasteiger partial charge is 0.333 e. The second kappa shape index (κ2) is 4.88. The van der Waals surface area contributed by atoms with E-state index in [-0.39, 0.29) is 12.4 Å². The van der Waals surface area contributed by atoms with E-state index in [0.29, 0.717) is 0 Å². The van der Waals surface area contributed by atoms with E-state index >= 15 is 0 Å². The summed E-state index contributed by atoms with van der Waals surface area (Å²) in [6.45, 7) is 3.47. The van der Waals surface area contributed by atoms with Crippen LogP contribution in [0.4, 0.5) is 0 Å². The summed E-state index contributed by atoms with van der Waals surface area (Å²) in [4.78, 5) is 0. The van der Waals surface area contributed by atoms with Gasteiger partial charge in [0.05, 0.1) is 0 Å². The van der Waals surface area contributed by atoms with Crippen LogP contribution in [0.2, 0.25) is 0 Å². The smallest absolute Gasteiger partial charge is 0.279 e. The molecule has 11 heavy (non-hydrogen) atoms. The van der Waals surface area contributed by atoms with Gasteiger partial charge in [-0.25, -0.2) is 0 Å². The van der Waals surface area contributed by atoms with Crippen LogP contribution < -0.4 is 4.57 Å². The number of pyridine rings is 1. The summed E-state index contributed by atoms with van der Waals surface area (Å²) in [5.41, 5.74) is 0. The van der Waals surface area contributed by atoms with Crippen LogP contribution in [-0.4, -0.2) is 5.11 Å². The fourth-order valence-electron chi connectivity index (χ4n) is 0.710. The second-order valence-electron chi connectivity index (χ2n) is 1.97. The Labute approximate surface area is 72.2 Å². The zero-order chi connectivity index (χ0) is 7.40. The summed E-state index contributed by atoms with van der Waals surface area (Å²) in [5.74, 6) is 0. The van der Waals surface area contributed by atoms with E-state index in [9.17, 15) is 5.11 Å². The third kappa shape index (κ3) is 2.70. The average molecular weight is 173 g/mol. The van der Waals surface area contributed by atoms with E-state index in [2.05, 4.69) is 6.58 Å². The summed E-state index contributed by atoms with van der Waals surface area (Å²) in [5, 5.41) is 9.17. The van der Waals surface area contributed by atoms with Crippen molar-refractivity contribution in [3.05, 3.63) is 43.2 Å². The lowest BCUT2D eigenvalue weighted by Gasteiger charge is -1.96. The molecule has 1 unspecified atom stereocenters. The Morgan fingerprint density at radius 2 is 1.82 bits per heavy atom. The highest BCUT2D eigenvalue weighted by atomic mass is 35.5. The van der Waals surface area contributed by atoms with Crippen molar-refractivity contribution in [1.29, 1.82) is 0 Å². The van der Waals surface area contributed by atoms with Crippen molar-refractivity contribution in [2.45, 2.75) is 6.23 Å². The van der Waals surface area contributed by atoms with Gasteiger partial charge in [0.1, 0.15) is 0 Å². The van der Waals surface area contributed by atoms with E-state index in [0.717, 1.165) is 0 Å². The molecule has 3 heteroatoms. The Bertz CT molecular complexity index is 213. The van der Waals surface area contributed by atoms with Crippen LogP contribution >= 0.6 is 12.4 Å². The van der Waals surface area contributed by atoms with E-state index in [1.807, 2.05) is 18.2 Å². The van der Waals surface area contributed by atoms with Gasteiger partial charge in [0.2, 0.25) is 0 Å². The van der Waals surface area contributed by atoms with Crippen LogP contribution in [0.15, 0.2) is 43.2 Å². The topological polar surface area (TPSA) is 24.1 Å². The van der Waals surface area contributed by atoms with Crippen molar-refractivity contribution in [2.75, 3.05) is 0 Å². The molecule has 0 bridgehead atoms. The van der Waals surface area contributed by atoms with Gasteiger partial charge >= 0.3 is 0 Å². The minimum absolute atomic E-state index is 0. The third-order valence-corrected chi connectivity index (χ3v) is 1.25. The normalized spacial score (nSPS) is 11.4. The van der Waals surface area contributed by atoms with Crippen molar-refractivity contribution in [2.24, 2.45) is 0 Å². The zero-order valence-electron chi connectivity index (χ0n) is 6.05. The number of aliphatic hydroxyl groups excluding tert-OH is 1. The van der Waals surface area contributed by atoms with E-state index < -0.39 is 6.23 Å². The second-order valence-corrected chi connectivity index (χ2v) is 1.97. The Balaban J connectivity index is 0.000001000. The molecule has 0 aliphatic rings. The van der Waals surface area contributed by atoms with Gasteiger partial charge in [0.25, 0.3) is 6.23 Å². The van der Waals surface area contributed by atoms with Gasteiger partial charge in [-0.2, -0.15) is 4.57 Å². The van der Waals surface area contributed by atoms with Crippen LogP contribution in [0.3, 0.4) is 0 Å². The molecule has 1 heterocycles. The predicted octanol–water partition coefficient (Wildman–Crippen LogP) is 1.07. The number of aliphatic hydroxyl groups is 1. The molecule has 0 spiro atoms. The van der Waals surface area contributed by atoms with Gasteiger partial charge < -0.3 is 5.11 Å². The van der Waals surface area contributed by atoms with Crippen LogP contribution in [0.1, 0.15) is 6.23 Å². The van der Waals surface area contributed by atoms with Gasteiger partial charge in [-0.3, -0.25) is 0 Å². The highest BCUT2D eigenvalue weighted by Gasteiger charge is 2.05. The summed E-state index contributed by atoms with van der Waals surface area (Å²) in [7, 11) is 0. The fraction of sp³-hybridized carbons (Fsp3) is 0.125. The molecule has 0 aliphatic heterocycles. The number of rotatable bonds is 2. The molecule has 0 saturated heterocycles. The number of aromatic nitrogens is 1. The molecule has 1 atom stereocenters. The maximum atomic E-state index is 9.17. The van der Waals surface area contributed by atoms with Crippen LogP contribution in [0.25, 0.3) is 0 Å². The Morgan fingerprint density at radius 1 is 1.27 bits per heavy atom. The fourth-order valence-corrected chi connectivity index (χ4v) is 0.710. The molecular weight excluding hydrogens is 162 g/mol. The molecule has 2 nitrogen and oxygen atoms in total. The summed E-state index contributed by atoms with van der Waals surface area (Å²) in [6.07, 6.45) is 4.43. The summed E-state index contributed by atoms with van der Waals surface area (Å²) < 4.78 is 1.66.